The van der Waals surface area contributed by atoms with Gasteiger partial charge in [-0.3, -0.25) is 4.79 Å². The van der Waals surface area contributed by atoms with Crippen LogP contribution in [0.3, 0.4) is 0 Å². The molecule has 126 valence electrons. The third-order valence-corrected chi connectivity index (χ3v) is 3.49. The van der Waals surface area contributed by atoms with Crippen molar-refractivity contribution >= 4 is 41.0 Å². The van der Waals surface area contributed by atoms with Gasteiger partial charge in [0.25, 0.3) is 5.91 Å². The van der Waals surface area contributed by atoms with E-state index in [0.717, 1.165) is 0 Å². The molecule has 0 saturated carbocycles. The summed E-state index contributed by atoms with van der Waals surface area (Å²) in [6.45, 7) is 3.77. The molecule has 0 saturated heterocycles. The van der Waals surface area contributed by atoms with Gasteiger partial charge in [0.05, 0.1) is 22.4 Å². The van der Waals surface area contributed by atoms with Crippen molar-refractivity contribution in [2.75, 3.05) is 5.73 Å². The number of benzene rings is 2. The molecule has 1 amide bonds. The number of anilines is 1. The minimum Gasteiger partial charge on any atom is -0.488 e. The second-order valence-corrected chi connectivity index (χ2v) is 6.12. The highest BCUT2D eigenvalue weighted by molar-refractivity contribution is 6.37. The van der Waals surface area contributed by atoms with Gasteiger partial charge in [-0.05, 0) is 55.8 Å². The van der Waals surface area contributed by atoms with Crippen LogP contribution in [0.4, 0.5) is 5.69 Å². The Balaban J connectivity index is 2.06. The van der Waals surface area contributed by atoms with Gasteiger partial charge in [0.15, 0.2) is 5.75 Å². The molecule has 2 aromatic rings. The van der Waals surface area contributed by atoms with Crippen molar-refractivity contribution in [1.82, 2.24) is 5.43 Å². The Morgan fingerprint density at radius 2 is 1.79 bits per heavy atom. The van der Waals surface area contributed by atoms with E-state index >= 15 is 0 Å². The molecule has 2 aromatic carbocycles. The molecule has 0 radical (unpaired) electrons. The zero-order valence-electron chi connectivity index (χ0n) is 13.2. The third kappa shape index (κ3) is 4.88. The predicted octanol–water partition coefficient (Wildman–Crippen LogP) is 4.13. The first-order valence-corrected chi connectivity index (χ1v) is 7.97. The number of nitrogen functional groups attached to an aromatic ring is 1. The van der Waals surface area contributed by atoms with Crippen LogP contribution in [0.15, 0.2) is 41.5 Å². The summed E-state index contributed by atoms with van der Waals surface area (Å²) in [4.78, 5) is 11.9. The number of hydrazone groups is 1. The number of ether oxygens (including phenoxy) is 1. The van der Waals surface area contributed by atoms with Crippen molar-refractivity contribution < 1.29 is 9.53 Å². The van der Waals surface area contributed by atoms with E-state index in [1.54, 1.807) is 36.4 Å². The molecular weight excluding hydrogens is 349 g/mol. The average molecular weight is 366 g/mol. The SMILES string of the molecule is CC(C)Oc1c(Cl)cc(/C=N\NC(=O)c2ccc(N)cc2)cc1Cl. The Morgan fingerprint density at radius 1 is 1.21 bits per heavy atom. The highest BCUT2D eigenvalue weighted by Crippen LogP contribution is 2.34. The summed E-state index contributed by atoms with van der Waals surface area (Å²) in [6, 6.07) is 9.84. The largest absolute Gasteiger partial charge is 0.488 e. The summed E-state index contributed by atoms with van der Waals surface area (Å²) in [7, 11) is 0. The van der Waals surface area contributed by atoms with Gasteiger partial charge in [-0.15, -0.1) is 0 Å². The summed E-state index contributed by atoms with van der Waals surface area (Å²) < 4.78 is 5.55. The zero-order chi connectivity index (χ0) is 17.7. The highest BCUT2D eigenvalue weighted by Gasteiger charge is 2.10. The lowest BCUT2D eigenvalue weighted by molar-refractivity contribution is 0.0955. The number of hydrogen-bond acceptors (Lipinski definition) is 4. The molecule has 0 aliphatic heterocycles. The van der Waals surface area contributed by atoms with Crippen LogP contribution in [0, 0.1) is 0 Å². The van der Waals surface area contributed by atoms with Gasteiger partial charge in [-0.1, -0.05) is 23.2 Å². The van der Waals surface area contributed by atoms with E-state index in [4.69, 9.17) is 33.7 Å². The maximum Gasteiger partial charge on any atom is 0.271 e. The Hall–Kier alpha value is -2.24. The fraction of sp³-hybridized carbons (Fsp3) is 0.176. The molecule has 0 heterocycles. The number of nitrogens with one attached hydrogen (secondary N) is 1. The van der Waals surface area contributed by atoms with Crippen LogP contribution >= 0.6 is 23.2 Å². The molecule has 0 spiro atoms. The Labute approximate surface area is 150 Å². The second kappa shape index (κ2) is 8.04. The van der Waals surface area contributed by atoms with Crippen LogP contribution in [0.1, 0.15) is 29.8 Å². The molecule has 7 heteroatoms. The summed E-state index contributed by atoms with van der Waals surface area (Å²) in [5.41, 5.74) is 9.68. The van der Waals surface area contributed by atoms with Crippen molar-refractivity contribution in [3.63, 3.8) is 0 Å². The maximum absolute atomic E-state index is 11.9. The van der Waals surface area contributed by atoms with Gasteiger partial charge < -0.3 is 10.5 Å². The van der Waals surface area contributed by atoms with Crippen molar-refractivity contribution in [3.05, 3.63) is 57.6 Å². The number of halogens is 2. The minimum absolute atomic E-state index is 0.0429. The Morgan fingerprint density at radius 3 is 2.33 bits per heavy atom. The van der Waals surface area contributed by atoms with Crippen LogP contribution in [-0.2, 0) is 0 Å². The first-order chi connectivity index (χ1) is 11.4. The van der Waals surface area contributed by atoms with Gasteiger partial charge in [-0.2, -0.15) is 5.10 Å². The molecular formula is C17H17Cl2N3O2. The van der Waals surface area contributed by atoms with E-state index in [1.165, 1.54) is 6.21 Å². The molecule has 3 N–H and O–H groups in total. The molecule has 0 aromatic heterocycles. The van der Waals surface area contributed by atoms with Crippen LogP contribution in [0.5, 0.6) is 5.75 Å². The molecule has 0 aliphatic rings. The lowest BCUT2D eigenvalue weighted by atomic mass is 10.2. The van der Waals surface area contributed by atoms with Crippen LogP contribution in [0.25, 0.3) is 0 Å². The number of rotatable bonds is 5. The molecule has 0 fully saturated rings. The first-order valence-electron chi connectivity index (χ1n) is 7.21. The van der Waals surface area contributed by atoms with Crippen LogP contribution in [0.2, 0.25) is 10.0 Å². The third-order valence-electron chi connectivity index (χ3n) is 2.93. The lowest BCUT2D eigenvalue weighted by Gasteiger charge is -2.13. The number of carbonyl (C=O) groups excluding carboxylic acids is 1. The number of hydrogen-bond donors (Lipinski definition) is 2. The Kier molecular flexibility index (Phi) is 6.06. The predicted molar refractivity (Wildman–Crippen MR) is 98.1 cm³/mol. The zero-order valence-corrected chi connectivity index (χ0v) is 14.7. The van der Waals surface area contributed by atoms with Crippen molar-refractivity contribution in [2.24, 2.45) is 5.10 Å². The average Bonchev–Trinajstić information content (AvgIpc) is 2.51. The molecule has 5 nitrogen and oxygen atoms in total. The van der Waals surface area contributed by atoms with Crippen molar-refractivity contribution in [1.29, 1.82) is 0 Å². The highest BCUT2D eigenvalue weighted by atomic mass is 35.5. The normalized spacial score (nSPS) is 11.0. The van der Waals surface area contributed by atoms with E-state index in [9.17, 15) is 4.79 Å². The number of nitrogens with two attached hydrogens (primary N) is 1. The lowest BCUT2D eigenvalue weighted by Crippen LogP contribution is -2.17. The van der Waals surface area contributed by atoms with Crippen LogP contribution in [-0.4, -0.2) is 18.2 Å². The molecule has 24 heavy (non-hydrogen) atoms. The van der Waals surface area contributed by atoms with E-state index < -0.39 is 0 Å². The summed E-state index contributed by atoms with van der Waals surface area (Å²) >= 11 is 12.3. The topological polar surface area (TPSA) is 76.7 Å². The van der Waals surface area contributed by atoms with Gasteiger partial charge in [0, 0.05) is 11.3 Å². The Bertz CT molecular complexity index is 736. The van der Waals surface area contributed by atoms with Gasteiger partial charge in [0.1, 0.15) is 0 Å². The molecule has 0 atom stereocenters. The summed E-state index contributed by atoms with van der Waals surface area (Å²) in [6.07, 6.45) is 1.41. The van der Waals surface area contributed by atoms with Gasteiger partial charge in [-0.25, -0.2) is 5.43 Å². The molecule has 0 bridgehead atoms. The van der Waals surface area contributed by atoms with Gasteiger partial charge >= 0.3 is 0 Å². The summed E-state index contributed by atoms with van der Waals surface area (Å²) in [5, 5.41) is 4.65. The molecule has 0 unspecified atom stereocenters. The van der Waals surface area contributed by atoms with E-state index in [2.05, 4.69) is 10.5 Å². The number of nitrogens with zero attached hydrogens (tertiary/aromatic N) is 1. The molecule has 2 rings (SSSR count). The first kappa shape index (κ1) is 18.1. The van der Waals surface area contributed by atoms with E-state index in [-0.39, 0.29) is 12.0 Å². The minimum atomic E-state index is -0.344. The van der Waals surface area contributed by atoms with E-state index in [1.807, 2.05) is 13.8 Å². The second-order valence-electron chi connectivity index (χ2n) is 5.30. The molecule has 0 aliphatic carbocycles. The fourth-order valence-corrected chi connectivity index (χ4v) is 2.46. The number of amides is 1. The van der Waals surface area contributed by atoms with Gasteiger partial charge in [0.2, 0.25) is 0 Å². The standard InChI is InChI=1S/C17H17Cl2N3O2/c1-10(2)24-16-14(18)7-11(8-15(16)19)9-21-22-17(23)12-3-5-13(20)6-4-12/h3-10H,20H2,1-2H3,(H,22,23)/b21-9-. The number of carbonyl (C=O) groups is 1. The fourth-order valence-electron chi connectivity index (χ4n) is 1.87. The van der Waals surface area contributed by atoms with E-state index in [0.29, 0.717) is 32.6 Å². The van der Waals surface area contributed by atoms with Crippen molar-refractivity contribution in [2.45, 2.75) is 20.0 Å². The monoisotopic (exact) mass is 365 g/mol. The van der Waals surface area contributed by atoms with Crippen LogP contribution < -0.4 is 15.9 Å². The quantitative estimate of drug-likeness (QED) is 0.475. The van der Waals surface area contributed by atoms with Crippen molar-refractivity contribution in [3.8, 4) is 5.75 Å². The smallest absolute Gasteiger partial charge is 0.271 e. The summed E-state index contributed by atoms with van der Waals surface area (Å²) in [5.74, 6) is 0.0830. The maximum atomic E-state index is 11.9.